The third kappa shape index (κ3) is 5.72. The standard InChI is InChI=1S/C32H31FN2O/c33-28-16-14-24(15-17-28)23-35-20-18-26(19-21-35)29-11-5-4-10-27(29)22-34-32(36)31-13-7-6-12-30(31)25-8-2-1-3-9-25/h1-17,26H,18-23H2,(H,34,36). The summed E-state index contributed by atoms with van der Waals surface area (Å²) in [5.41, 5.74) is 6.33. The molecule has 1 aliphatic heterocycles. The van der Waals surface area contributed by atoms with E-state index in [0.717, 1.165) is 49.2 Å². The van der Waals surface area contributed by atoms with E-state index in [1.165, 1.54) is 23.3 Å². The van der Waals surface area contributed by atoms with Crippen molar-refractivity contribution in [2.24, 2.45) is 0 Å². The van der Waals surface area contributed by atoms with Crippen molar-refractivity contribution in [1.82, 2.24) is 10.2 Å². The van der Waals surface area contributed by atoms with Crippen LogP contribution in [0.25, 0.3) is 11.1 Å². The Hall–Kier alpha value is -3.76. The number of amides is 1. The Labute approximate surface area is 212 Å². The van der Waals surface area contributed by atoms with E-state index in [1.807, 2.05) is 72.8 Å². The number of nitrogens with one attached hydrogen (secondary N) is 1. The number of carbonyl (C=O) groups excluding carboxylic acids is 1. The number of hydrogen-bond acceptors (Lipinski definition) is 2. The molecule has 0 atom stereocenters. The van der Waals surface area contributed by atoms with Crippen molar-refractivity contribution in [2.75, 3.05) is 13.1 Å². The van der Waals surface area contributed by atoms with Gasteiger partial charge >= 0.3 is 0 Å². The van der Waals surface area contributed by atoms with Gasteiger partial charge in [0.1, 0.15) is 5.82 Å². The van der Waals surface area contributed by atoms with E-state index in [1.54, 1.807) is 0 Å². The second kappa shape index (κ2) is 11.3. The van der Waals surface area contributed by atoms with Gasteiger partial charge in [0, 0.05) is 18.7 Å². The lowest BCUT2D eigenvalue weighted by Crippen LogP contribution is -2.33. The van der Waals surface area contributed by atoms with Crippen LogP contribution in [-0.2, 0) is 13.1 Å². The largest absolute Gasteiger partial charge is 0.348 e. The lowest BCUT2D eigenvalue weighted by atomic mass is 9.86. The number of nitrogens with zero attached hydrogens (tertiary/aromatic N) is 1. The van der Waals surface area contributed by atoms with Gasteiger partial charge in [-0.15, -0.1) is 0 Å². The van der Waals surface area contributed by atoms with E-state index in [-0.39, 0.29) is 11.7 Å². The molecule has 1 aliphatic rings. The lowest BCUT2D eigenvalue weighted by molar-refractivity contribution is 0.0951. The first kappa shape index (κ1) is 24.0. The summed E-state index contributed by atoms with van der Waals surface area (Å²) in [5.74, 6) is 0.224. The maximum atomic E-state index is 13.2. The zero-order valence-corrected chi connectivity index (χ0v) is 20.4. The number of carbonyl (C=O) groups is 1. The van der Waals surface area contributed by atoms with Crippen LogP contribution in [0.4, 0.5) is 4.39 Å². The van der Waals surface area contributed by atoms with Gasteiger partial charge in [-0.2, -0.15) is 0 Å². The van der Waals surface area contributed by atoms with Crippen molar-refractivity contribution in [2.45, 2.75) is 31.8 Å². The van der Waals surface area contributed by atoms with Gasteiger partial charge in [0.05, 0.1) is 0 Å². The molecule has 1 N–H and O–H groups in total. The minimum absolute atomic E-state index is 0.0571. The van der Waals surface area contributed by atoms with E-state index in [2.05, 4.69) is 28.4 Å². The summed E-state index contributed by atoms with van der Waals surface area (Å²) >= 11 is 0. The molecule has 4 aromatic rings. The Balaban J connectivity index is 1.23. The lowest BCUT2D eigenvalue weighted by Gasteiger charge is -2.33. The third-order valence-corrected chi connectivity index (χ3v) is 7.10. The molecule has 4 heteroatoms. The van der Waals surface area contributed by atoms with E-state index in [9.17, 15) is 9.18 Å². The molecule has 0 aromatic heterocycles. The predicted octanol–water partition coefficient (Wildman–Crippen LogP) is 6.80. The number of piperidine rings is 1. The molecular formula is C32H31FN2O. The number of halogens is 1. The molecule has 182 valence electrons. The van der Waals surface area contributed by atoms with Crippen LogP contribution in [0.1, 0.15) is 45.8 Å². The maximum Gasteiger partial charge on any atom is 0.252 e. The molecule has 4 aromatic carbocycles. The average Bonchev–Trinajstić information content (AvgIpc) is 2.94. The monoisotopic (exact) mass is 478 g/mol. The quantitative estimate of drug-likeness (QED) is 0.317. The van der Waals surface area contributed by atoms with Crippen molar-refractivity contribution < 1.29 is 9.18 Å². The Morgan fingerprint density at radius 2 is 1.47 bits per heavy atom. The summed E-state index contributed by atoms with van der Waals surface area (Å²) in [7, 11) is 0. The number of benzene rings is 4. The average molecular weight is 479 g/mol. The fraction of sp³-hybridized carbons (Fsp3) is 0.219. The Kier molecular flexibility index (Phi) is 7.53. The number of hydrogen-bond donors (Lipinski definition) is 1. The van der Waals surface area contributed by atoms with Crippen LogP contribution in [0.3, 0.4) is 0 Å². The molecular weight excluding hydrogens is 447 g/mol. The van der Waals surface area contributed by atoms with Crippen molar-refractivity contribution >= 4 is 5.91 Å². The summed E-state index contributed by atoms with van der Waals surface area (Å²) in [6.45, 7) is 3.37. The summed E-state index contributed by atoms with van der Waals surface area (Å²) in [6, 6.07) is 33.1. The summed E-state index contributed by atoms with van der Waals surface area (Å²) < 4.78 is 13.2. The van der Waals surface area contributed by atoms with Crippen LogP contribution in [0.5, 0.6) is 0 Å². The highest BCUT2D eigenvalue weighted by Gasteiger charge is 2.23. The zero-order chi connectivity index (χ0) is 24.7. The Morgan fingerprint density at radius 1 is 0.806 bits per heavy atom. The molecule has 0 radical (unpaired) electrons. The minimum atomic E-state index is -0.190. The summed E-state index contributed by atoms with van der Waals surface area (Å²) in [4.78, 5) is 15.6. The molecule has 0 spiro atoms. The maximum absolute atomic E-state index is 13.2. The first-order valence-corrected chi connectivity index (χ1v) is 12.6. The number of rotatable bonds is 7. The molecule has 0 bridgehead atoms. The van der Waals surface area contributed by atoms with Crippen LogP contribution in [-0.4, -0.2) is 23.9 Å². The van der Waals surface area contributed by atoms with E-state index in [0.29, 0.717) is 18.0 Å². The van der Waals surface area contributed by atoms with E-state index >= 15 is 0 Å². The van der Waals surface area contributed by atoms with Gasteiger partial charge in [0.2, 0.25) is 0 Å². The van der Waals surface area contributed by atoms with Gasteiger partial charge in [-0.1, -0.05) is 84.9 Å². The van der Waals surface area contributed by atoms with Crippen LogP contribution >= 0.6 is 0 Å². The topological polar surface area (TPSA) is 32.3 Å². The molecule has 1 fully saturated rings. The van der Waals surface area contributed by atoms with Crippen molar-refractivity contribution in [3.8, 4) is 11.1 Å². The predicted molar refractivity (Wildman–Crippen MR) is 143 cm³/mol. The van der Waals surface area contributed by atoms with Crippen molar-refractivity contribution in [3.05, 3.63) is 131 Å². The van der Waals surface area contributed by atoms with Crippen LogP contribution < -0.4 is 5.32 Å². The molecule has 0 saturated carbocycles. The van der Waals surface area contributed by atoms with Crippen molar-refractivity contribution in [3.63, 3.8) is 0 Å². The summed E-state index contributed by atoms with van der Waals surface area (Å²) in [6.07, 6.45) is 2.14. The smallest absolute Gasteiger partial charge is 0.252 e. The van der Waals surface area contributed by atoms with Gasteiger partial charge in [0.15, 0.2) is 0 Å². The van der Waals surface area contributed by atoms with Gasteiger partial charge in [0.25, 0.3) is 5.91 Å². The molecule has 5 rings (SSSR count). The minimum Gasteiger partial charge on any atom is -0.348 e. The molecule has 1 amide bonds. The molecule has 3 nitrogen and oxygen atoms in total. The second-order valence-electron chi connectivity index (χ2n) is 9.47. The first-order valence-electron chi connectivity index (χ1n) is 12.6. The van der Waals surface area contributed by atoms with Crippen molar-refractivity contribution in [1.29, 1.82) is 0 Å². The fourth-order valence-corrected chi connectivity index (χ4v) is 5.16. The molecule has 1 heterocycles. The van der Waals surface area contributed by atoms with Crippen LogP contribution in [0, 0.1) is 5.82 Å². The summed E-state index contributed by atoms with van der Waals surface area (Å²) in [5, 5.41) is 3.17. The SMILES string of the molecule is O=C(NCc1ccccc1C1CCN(Cc2ccc(F)cc2)CC1)c1ccccc1-c1ccccc1. The van der Waals surface area contributed by atoms with Gasteiger partial charge < -0.3 is 5.32 Å². The molecule has 0 aliphatic carbocycles. The van der Waals surface area contributed by atoms with Crippen LogP contribution in [0.2, 0.25) is 0 Å². The highest BCUT2D eigenvalue weighted by Crippen LogP contribution is 2.31. The fourth-order valence-electron chi connectivity index (χ4n) is 5.16. The second-order valence-corrected chi connectivity index (χ2v) is 9.47. The van der Waals surface area contributed by atoms with Gasteiger partial charge in [-0.05, 0) is 77.9 Å². The molecule has 36 heavy (non-hydrogen) atoms. The Bertz CT molecular complexity index is 1300. The van der Waals surface area contributed by atoms with Crippen LogP contribution in [0.15, 0.2) is 103 Å². The normalized spacial score (nSPS) is 14.5. The zero-order valence-electron chi connectivity index (χ0n) is 20.4. The highest BCUT2D eigenvalue weighted by molar-refractivity contribution is 6.00. The molecule has 1 saturated heterocycles. The Morgan fingerprint density at radius 3 is 2.25 bits per heavy atom. The first-order chi connectivity index (χ1) is 17.7. The van der Waals surface area contributed by atoms with E-state index in [4.69, 9.17) is 0 Å². The van der Waals surface area contributed by atoms with Gasteiger partial charge in [-0.3, -0.25) is 9.69 Å². The number of likely N-dealkylation sites (tertiary alicyclic amines) is 1. The highest BCUT2D eigenvalue weighted by atomic mass is 19.1. The third-order valence-electron chi connectivity index (χ3n) is 7.10. The molecule has 0 unspecified atom stereocenters. The van der Waals surface area contributed by atoms with E-state index < -0.39 is 0 Å². The van der Waals surface area contributed by atoms with Gasteiger partial charge in [-0.25, -0.2) is 4.39 Å².